The molecule has 0 aliphatic heterocycles. The number of sulfonamides is 1. The Morgan fingerprint density at radius 3 is 2.52 bits per heavy atom. The minimum atomic E-state index is -3.69. The van der Waals surface area contributed by atoms with Crippen LogP contribution in [-0.4, -0.2) is 19.5 Å². The van der Waals surface area contributed by atoms with Crippen molar-refractivity contribution < 1.29 is 17.7 Å². The van der Waals surface area contributed by atoms with Crippen molar-refractivity contribution >= 4 is 50.8 Å². The molecule has 2 N–H and O–H groups in total. The van der Waals surface area contributed by atoms with Gasteiger partial charge in [-0.15, -0.1) is 11.3 Å². The van der Waals surface area contributed by atoms with Gasteiger partial charge in [0.1, 0.15) is 15.6 Å². The third kappa shape index (κ3) is 5.05. The molecule has 2 aromatic heterocycles. The molecule has 1 saturated carbocycles. The average Bonchev–Trinajstić information content (AvgIpc) is 3.33. The number of aromatic nitrogens is 1. The first-order valence-electron chi connectivity index (χ1n) is 9.87. The van der Waals surface area contributed by atoms with Gasteiger partial charge in [-0.05, 0) is 81.2 Å². The Morgan fingerprint density at radius 1 is 1.13 bits per heavy atom. The molecule has 1 amide bonds. The molecule has 162 valence electrons. The van der Waals surface area contributed by atoms with Gasteiger partial charge in [0, 0.05) is 16.5 Å². The summed E-state index contributed by atoms with van der Waals surface area (Å²) < 4.78 is 33.7. The van der Waals surface area contributed by atoms with Crippen LogP contribution in [0.25, 0.3) is 12.2 Å². The number of amides is 1. The molecule has 3 aromatic rings. The van der Waals surface area contributed by atoms with Crippen molar-refractivity contribution in [2.45, 2.75) is 37.8 Å². The summed E-state index contributed by atoms with van der Waals surface area (Å²) in [5.74, 6) is 0.474. The number of anilines is 2. The van der Waals surface area contributed by atoms with Gasteiger partial charge in [-0.2, -0.15) is 0 Å². The molecular weight excluding hydrogens is 434 g/mol. The predicted molar refractivity (Wildman–Crippen MR) is 123 cm³/mol. The standard InChI is InChI=1S/C22H23N3O4S2/c1-13-10-14(2)12-17(11-13)25-31(27,28)20-9-7-18(30-20)6-8-19-21(15(3)24-29-19)23-22(26)16-4-5-16/h6-12,16,25H,4-5H2,1-3H3,(H,23,26)/b8-6+. The molecular formula is C22H23N3O4S2. The van der Waals surface area contributed by atoms with Gasteiger partial charge in [0.05, 0.1) is 0 Å². The molecule has 1 aliphatic carbocycles. The second-order valence-electron chi connectivity index (χ2n) is 7.74. The second-order valence-corrected chi connectivity index (χ2v) is 10.8. The summed E-state index contributed by atoms with van der Waals surface area (Å²) in [6.45, 7) is 5.61. The largest absolute Gasteiger partial charge is 0.354 e. The lowest BCUT2D eigenvalue weighted by atomic mass is 10.1. The fourth-order valence-electron chi connectivity index (χ4n) is 3.19. The van der Waals surface area contributed by atoms with Crippen molar-refractivity contribution in [2.24, 2.45) is 5.92 Å². The molecule has 7 nitrogen and oxygen atoms in total. The number of nitrogens with zero attached hydrogens (tertiary/aromatic N) is 1. The molecule has 0 spiro atoms. The van der Waals surface area contributed by atoms with E-state index < -0.39 is 10.0 Å². The van der Waals surface area contributed by atoms with Gasteiger partial charge in [-0.25, -0.2) is 8.42 Å². The van der Waals surface area contributed by atoms with E-state index in [0.29, 0.717) is 22.8 Å². The first-order valence-corrected chi connectivity index (χ1v) is 12.2. The third-order valence-electron chi connectivity index (χ3n) is 4.83. The van der Waals surface area contributed by atoms with Gasteiger partial charge >= 0.3 is 0 Å². The van der Waals surface area contributed by atoms with Crippen LogP contribution in [0.1, 0.15) is 40.3 Å². The summed E-state index contributed by atoms with van der Waals surface area (Å²) >= 11 is 1.14. The van der Waals surface area contributed by atoms with Gasteiger partial charge < -0.3 is 9.84 Å². The topological polar surface area (TPSA) is 101 Å². The van der Waals surface area contributed by atoms with Crippen LogP contribution in [0.15, 0.2) is 39.1 Å². The van der Waals surface area contributed by atoms with Crippen molar-refractivity contribution in [3.63, 3.8) is 0 Å². The number of hydrogen-bond donors (Lipinski definition) is 2. The highest BCUT2D eigenvalue weighted by Gasteiger charge is 2.30. The zero-order chi connectivity index (χ0) is 22.2. The molecule has 0 saturated heterocycles. The number of aryl methyl sites for hydroxylation is 3. The summed E-state index contributed by atoms with van der Waals surface area (Å²) in [5, 5.41) is 6.80. The SMILES string of the molecule is Cc1cc(C)cc(NS(=O)(=O)c2ccc(/C=C/c3onc(C)c3NC(=O)C3CC3)s2)c1. The number of carbonyl (C=O) groups is 1. The van der Waals surface area contributed by atoms with Crippen LogP contribution in [0.2, 0.25) is 0 Å². The van der Waals surface area contributed by atoms with E-state index in [2.05, 4.69) is 15.2 Å². The zero-order valence-corrected chi connectivity index (χ0v) is 19.1. The third-order valence-corrected chi connectivity index (χ3v) is 7.75. The summed E-state index contributed by atoms with van der Waals surface area (Å²) in [7, 11) is -3.69. The van der Waals surface area contributed by atoms with Gasteiger partial charge in [-0.1, -0.05) is 11.2 Å². The zero-order valence-electron chi connectivity index (χ0n) is 17.4. The van der Waals surface area contributed by atoms with Crippen LogP contribution >= 0.6 is 11.3 Å². The number of nitrogens with one attached hydrogen (secondary N) is 2. The molecule has 4 rings (SSSR count). The number of carbonyl (C=O) groups excluding carboxylic acids is 1. The van der Waals surface area contributed by atoms with Gasteiger partial charge in [0.25, 0.3) is 10.0 Å². The van der Waals surface area contributed by atoms with Crippen LogP contribution in [0.3, 0.4) is 0 Å². The van der Waals surface area contributed by atoms with Crippen molar-refractivity contribution in [3.05, 3.63) is 57.8 Å². The van der Waals surface area contributed by atoms with Gasteiger partial charge in [-0.3, -0.25) is 9.52 Å². The minimum absolute atomic E-state index is 0.0251. The summed E-state index contributed by atoms with van der Waals surface area (Å²) in [6, 6.07) is 8.86. The molecule has 1 aliphatic rings. The molecule has 0 radical (unpaired) electrons. The number of rotatable bonds is 7. The second kappa shape index (κ2) is 8.32. The molecule has 31 heavy (non-hydrogen) atoms. The molecule has 0 unspecified atom stereocenters. The lowest BCUT2D eigenvalue weighted by molar-refractivity contribution is -0.117. The molecule has 1 fully saturated rings. The average molecular weight is 458 g/mol. The highest BCUT2D eigenvalue weighted by atomic mass is 32.2. The maximum atomic E-state index is 12.8. The minimum Gasteiger partial charge on any atom is -0.354 e. The highest BCUT2D eigenvalue weighted by molar-refractivity contribution is 7.94. The van der Waals surface area contributed by atoms with E-state index in [4.69, 9.17) is 4.52 Å². The maximum Gasteiger partial charge on any atom is 0.271 e. The number of thiophene rings is 1. The van der Waals surface area contributed by atoms with Gasteiger partial charge in [0.15, 0.2) is 5.76 Å². The molecule has 2 heterocycles. The van der Waals surface area contributed by atoms with E-state index in [1.54, 1.807) is 43.3 Å². The molecule has 1 aromatic carbocycles. The van der Waals surface area contributed by atoms with Crippen LogP contribution in [-0.2, 0) is 14.8 Å². The van der Waals surface area contributed by atoms with E-state index in [1.807, 2.05) is 19.9 Å². The smallest absolute Gasteiger partial charge is 0.271 e. The maximum absolute atomic E-state index is 12.8. The summed E-state index contributed by atoms with van der Waals surface area (Å²) in [4.78, 5) is 12.8. The Balaban J connectivity index is 1.50. The molecule has 0 bridgehead atoms. The summed E-state index contributed by atoms with van der Waals surface area (Å²) in [5.41, 5.74) is 3.66. The fourth-order valence-corrected chi connectivity index (χ4v) is 5.46. The Morgan fingerprint density at radius 2 is 1.84 bits per heavy atom. The van der Waals surface area contributed by atoms with E-state index in [9.17, 15) is 13.2 Å². The quantitative estimate of drug-likeness (QED) is 0.521. The fraction of sp³-hybridized carbons (Fsp3) is 0.273. The van der Waals surface area contributed by atoms with Crippen LogP contribution in [0.4, 0.5) is 11.4 Å². The lowest BCUT2D eigenvalue weighted by Crippen LogP contribution is -2.14. The van der Waals surface area contributed by atoms with Crippen LogP contribution in [0.5, 0.6) is 0 Å². The first kappa shape index (κ1) is 21.3. The molecule has 9 heteroatoms. The monoisotopic (exact) mass is 457 g/mol. The number of benzene rings is 1. The van der Waals surface area contributed by atoms with Crippen molar-refractivity contribution in [1.82, 2.24) is 5.16 Å². The van der Waals surface area contributed by atoms with Crippen LogP contribution < -0.4 is 10.0 Å². The van der Waals surface area contributed by atoms with Gasteiger partial charge in [0.2, 0.25) is 5.91 Å². The first-order chi connectivity index (χ1) is 14.7. The normalized spacial score (nSPS) is 14.2. The highest BCUT2D eigenvalue weighted by Crippen LogP contribution is 2.32. The Kier molecular flexibility index (Phi) is 5.72. The van der Waals surface area contributed by atoms with Crippen molar-refractivity contribution in [1.29, 1.82) is 0 Å². The van der Waals surface area contributed by atoms with Crippen LogP contribution in [0, 0.1) is 26.7 Å². The van der Waals surface area contributed by atoms with E-state index in [-0.39, 0.29) is 16.0 Å². The lowest BCUT2D eigenvalue weighted by Gasteiger charge is -2.08. The van der Waals surface area contributed by atoms with E-state index in [0.717, 1.165) is 40.2 Å². The Bertz CT molecular complexity index is 1250. The molecule has 0 atom stereocenters. The predicted octanol–water partition coefficient (Wildman–Crippen LogP) is 4.98. The van der Waals surface area contributed by atoms with Crippen molar-refractivity contribution in [3.8, 4) is 0 Å². The van der Waals surface area contributed by atoms with E-state index >= 15 is 0 Å². The summed E-state index contributed by atoms with van der Waals surface area (Å²) in [6.07, 6.45) is 5.24. The Labute approximate surface area is 185 Å². The Hall–Kier alpha value is -2.91. The van der Waals surface area contributed by atoms with E-state index in [1.165, 1.54) is 0 Å². The van der Waals surface area contributed by atoms with Crippen molar-refractivity contribution in [2.75, 3.05) is 10.0 Å². The number of hydrogen-bond acceptors (Lipinski definition) is 6.